The number of aliphatic imine (C=N–C) groups is 1. The van der Waals surface area contributed by atoms with Crippen LogP contribution in [0, 0.1) is 25.7 Å². The lowest BCUT2D eigenvalue weighted by molar-refractivity contribution is -0.133. The van der Waals surface area contributed by atoms with Crippen LogP contribution in [0.1, 0.15) is 74.1 Å². The van der Waals surface area contributed by atoms with Crippen molar-refractivity contribution < 1.29 is 24.3 Å². The summed E-state index contributed by atoms with van der Waals surface area (Å²) in [5, 5.41) is 13.0. The fraction of sp³-hybridized carbons (Fsp3) is 0.514. The fourth-order valence-corrected chi connectivity index (χ4v) is 5.61. The first-order valence-corrected chi connectivity index (χ1v) is 16.0. The molecule has 0 unspecified atom stereocenters. The van der Waals surface area contributed by atoms with Crippen LogP contribution in [0.3, 0.4) is 0 Å². The summed E-state index contributed by atoms with van der Waals surface area (Å²) in [4.78, 5) is 57.4. The number of nitrogens with two attached hydrogens (primary N) is 4. The Hall–Kier alpha value is -4.09. The van der Waals surface area contributed by atoms with Crippen molar-refractivity contribution in [2.75, 3.05) is 13.1 Å². The molecule has 4 atom stereocenters. The van der Waals surface area contributed by atoms with Gasteiger partial charge in [-0.1, -0.05) is 30.3 Å². The Kier molecular flexibility index (Phi) is 16.1. The number of Topliss-reactive ketones (excluding diaryl/α,β-unsaturated/α-hetero) is 3. The minimum absolute atomic E-state index is 0.0156. The maximum Gasteiger partial charge on any atom is 0.224 e. The Balaban J connectivity index is 2.30. The molecule has 2 aromatic rings. The number of unbranched alkanes of at least 4 members (excludes halogenated alkanes) is 1. The van der Waals surface area contributed by atoms with E-state index >= 15 is 0 Å². The van der Waals surface area contributed by atoms with E-state index in [0.29, 0.717) is 51.6 Å². The van der Waals surface area contributed by atoms with Crippen molar-refractivity contribution in [1.82, 2.24) is 5.32 Å². The first kappa shape index (κ1) is 38.1. The van der Waals surface area contributed by atoms with Crippen LogP contribution >= 0.6 is 0 Å². The van der Waals surface area contributed by atoms with E-state index < -0.39 is 29.8 Å². The second-order valence-electron chi connectivity index (χ2n) is 12.2. The number of carbonyl (C=O) groups excluding carboxylic acids is 4. The molecule has 10 N–H and O–H groups in total. The molecular formula is C35H52N6O5. The number of aryl methyl sites for hydroxylation is 2. The first-order valence-electron chi connectivity index (χ1n) is 16.0. The van der Waals surface area contributed by atoms with Crippen LogP contribution in [0.2, 0.25) is 0 Å². The van der Waals surface area contributed by atoms with E-state index in [9.17, 15) is 24.3 Å². The molecule has 0 aromatic heterocycles. The van der Waals surface area contributed by atoms with Crippen molar-refractivity contribution in [2.45, 2.75) is 90.6 Å². The Bertz CT molecular complexity index is 1320. The Morgan fingerprint density at radius 1 is 0.870 bits per heavy atom. The molecule has 0 spiro atoms. The van der Waals surface area contributed by atoms with E-state index in [1.165, 1.54) is 6.92 Å². The SMILES string of the molecule is CC(=O)[C@@H](CC(=O)[C@H](CCCCN)NC(=O)[C@@H](CC(=O)[C@H](N)CCCN=C(N)N)Cc1c(C)cc(O)cc1C)Cc1ccccc1. The van der Waals surface area contributed by atoms with E-state index in [1.807, 2.05) is 44.2 Å². The second kappa shape index (κ2) is 19.4. The summed E-state index contributed by atoms with van der Waals surface area (Å²) < 4.78 is 0. The van der Waals surface area contributed by atoms with Crippen LogP contribution in [0.4, 0.5) is 0 Å². The highest BCUT2D eigenvalue weighted by Crippen LogP contribution is 2.26. The molecular weight excluding hydrogens is 584 g/mol. The number of nitrogens with one attached hydrogen (secondary N) is 1. The van der Waals surface area contributed by atoms with Crippen LogP contribution < -0.4 is 28.3 Å². The summed E-state index contributed by atoms with van der Waals surface area (Å²) in [7, 11) is 0. The molecule has 46 heavy (non-hydrogen) atoms. The number of nitrogens with zero attached hydrogens (tertiary/aromatic N) is 1. The fourth-order valence-electron chi connectivity index (χ4n) is 5.61. The molecule has 0 radical (unpaired) electrons. The molecule has 11 heteroatoms. The zero-order valence-electron chi connectivity index (χ0n) is 27.5. The standard InChI is InChI=1S/C35H52N6O5/c1-22-16-28(43)17-23(2)29(22)19-27(21-32(44)30(37)12-9-15-40-35(38)39)34(46)41-31(13-7-8-14-36)33(45)20-26(24(3)42)18-25-10-5-4-6-11-25/h4-6,10-11,16-17,26-27,30-31,43H,7-9,12-15,18-21,36-37H2,1-3H3,(H,41,46)(H4,38,39,40)/t26-,27-,30-,31+/m1/s1. The van der Waals surface area contributed by atoms with Gasteiger partial charge in [0.1, 0.15) is 17.3 Å². The molecule has 0 saturated carbocycles. The van der Waals surface area contributed by atoms with Crippen molar-refractivity contribution in [3.8, 4) is 5.75 Å². The van der Waals surface area contributed by atoms with Gasteiger partial charge in [-0.05, 0) is 107 Å². The smallest absolute Gasteiger partial charge is 0.224 e. The third kappa shape index (κ3) is 13.1. The summed E-state index contributed by atoms with van der Waals surface area (Å²) in [6.07, 6.45) is 2.96. The number of phenols is 1. The minimum Gasteiger partial charge on any atom is -0.508 e. The lowest BCUT2D eigenvalue weighted by atomic mass is 9.86. The van der Waals surface area contributed by atoms with Crippen LogP contribution in [-0.4, -0.2) is 59.5 Å². The number of aromatic hydroxyl groups is 1. The normalized spacial score (nSPS) is 13.7. The van der Waals surface area contributed by atoms with E-state index in [2.05, 4.69) is 10.3 Å². The number of hydrogen-bond acceptors (Lipinski definition) is 8. The van der Waals surface area contributed by atoms with Crippen LogP contribution in [-0.2, 0) is 32.0 Å². The number of carbonyl (C=O) groups is 4. The summed E-state index contributed by atoms with van der Waals surface area (Å²) in [5.41, 5.74) is 26.0. The summed E-state index contributed by atoms with van der Waals surface area (Å²) in [6.45, 7) is 5.92. The van der Waals surface area contributed by atoms with Crippen molar-refractivity contribution in [3.05, 3.63) is 64.7 Å². The van der Waals surface area contributed by atoms with Crippen molar-refractivity contribution in [3.63, 3.8) is 0 Å². The predicted molar refractivity (Wildman–Crippen MR) is 181 cm³/mol. The van der Waals surface area contributed by atoms with Gasteiger partial charge in [0.05, 0.1) is 12.1 Å². The highest BCUT2D eigenvalue weighted by Gasteiger charge is 2.31. The van der Waals surface area contributed by atoms with Crippen molar-refractivity contribution in [2.24, 2.45) is 39.8 Å². The molecule has 1 amide bonds. The molecule has 0 aliphatic carbocycles. The van der Waals surface area contributed by atoms with Gasteiger partial charge in [-0.15, -0.1) is 0 Å². The van der Waals surface area contributed by atoms with E-state index in [4.69, 9.17) is 22.9 Å². The minimum atomic E-state index is -0.843. The number of ketones is 3. The summed E-state index contributed by atoms with van der Waals surface area (Å²) in [6, 6.07) is 11.1. The van der Waals surface area contributed by atoms with E-state index in [1.54, 1.807) is 12.1 Å². The number of benzene rings is 2. The molecule has 0 aliphatic rings. The molecule has 0 fully saturated rings. The lowest BCUT2D eigenvalue weighted by Gasteiger charge is -2.25. The number of guanidine groups is 1. The van der Waals surface area contributed by atoms with Gasteiger partial charge in [-0.3, -0.25) is 24.2 Å². The third-order valence-corrected chi connectivity index (χ3v) is 8.33. The quantitative estimate of drug-likeness (QED) is 0.0673. The van der Waals surface area contributed by atoms with Crippen molar-refractivity contribution in [1.29, 1.82) is 0 Å². The molecule has 2 rings (SSSR count). The number of hydrogen-bond donors (Lipinski definition) is 6. The molecule has 252 valence electrons. The molecule has 0 heterocycles. The summed E-state index contributed by atoms with van der Waals surface area (Å²) >= 11 is 0. The second-order valence-corrected chi connectivity index (χ2v) is 12.2. The molecule has 11 nitrogen and oxygen atoms in total. The van der Waals surface area contributed by atoms with Crippen LogP contribution in [0.5, 0.6) is 5.75 Å². The Labute approximate surface area is 272 Å². The van der Waals surface area contributed by atoms with Gasteiger partial charge in [0.2, 0.25) is 5.91 Å². The highest BCUT2D eigenvalue weighted by atomic mass is 16.3. The topological polar surface area (TPSA) is 217 Å². The van der Waals surface area contributed by atoms with Gasteiger partial charge < -0.3 is 33.4 Å². The Morgan fingerprint density at radius 2 is 1.50 bits per heavy atom. The maximum atomic E-state index is 13.9. The predicted octanol–water partition coefficient (Wildman–Crippen LogP) is 2.53. The zero-order valence-corrected chi connectivity index (χ0v) is 27.5. The average molecular weight is 637 g/mol. The van der Waals surface area contributed by atoms with Crippen LogP contribution in [0.15, 0.2) is 47.5 Å². The van der Waals surface area contributed by atoms with Gasteiger partial charge in [-0.2, -0.15) is 0 Å². The molecule has 0 bridgehead atoms. The van der Waals surface area contributed by atoms with Gasteiger partial charge in [0, 0.05) is 31.2 Å². The number of rotatable bonds is 21. The number of phenolic OH excluding ortho intramolecular Hbond substituents is 1. The Morgan fingerprint density at radius 3 is 2.09 bits per heavy atom. The molecule has 0 aliphatic heterocycles. The van der Waals surface area contributed by atoms with E-state index in [-0.39, 0.29) is 48.3 Å². The highest BCUT2D eigenvalue weighted by molar-refractivity contribution is 5.94. The zero-order chi connectivity index (χ0) is 34.2. The van der Waals surface area contributed by atoms with Crippen LogP contribution in [0.25, 0.3) is 0 Å². The maximum absolute atomic E-state index is 13.9. The van der Waals surface area contributed by atoms with Gasteiger partial charge in [0.25, 0.3) is 0 Å². The van der Waals surface area contributed by atoms with E-state index in [0.717, 1.165) is 22.3 Å². The average Bonchev–Trinajstić information content (AvgIpc) is 2.99. The van der Waals surface area contributed by atoms with Gasteiger partial charge in [-0.25, -0.2) is 0 Å². The van der Waals surface area contributed by atoms with Crippen molar-refractivity contribution >= 4 is 29.2 Å². The number of amides is 1. The summed E-state index contributed by atoms with van der Waals surface area (Å²) in [5.74, 6) is -2.34. The monoisotopic (exact) mass is 636 g/mol. The lowest BCUT2D eigenvalue weighted by Crippen LogP contribution is -2.46. The molecule has 0 saturated heterocycles. The first-order chi connectivity index (χ1) is 21.8. The third-order valence-electron chi connectivity index (χ3n) is 8.33. The molecule has 2 aromatic carbocycles. The van der Waals surface area contributed by atoms with Gasteiger partial charge in [0.15, 0.2) is 11.7 Å². The van der Waals surface area contributed by atoms with Gasteiger partial charge >= 0.3 is 0 Å². The largest absolute Gasteiger partial charge is 0.508 e.